The largest absolute Gasteiger partial charge is 0.452 e. The van der Waals surface area contributed by atoms with Crippen LogP contribution in [0.1, 0.15) is 18.9 Å². The third kappa shape index (κ3) is 8.35. The van der Waals surface area contributed by atoms with Gasteiger partial charge in [0, 0.05) is 12.6 Å². The first-order valence-electron chi connectivity index (χ1n) is 7.15. The van der Waals surface area contributed by atoms with Gasteiger partial charge in [-0.2, -0.15) is 0 Å². The molecule has 2 amide bonds. The fourth-order valence-corrected chi connectivity index (χ4v) is 1.48. The Hall–Kier alpha value is -2.70. The lowest BCUT2D eigenvalue weighted by molar-refractivity contribution is -0.143. The second-order valence-corrected chi connectivity index (χ2v) is 4.62. The Balaban J connectivity index is 2.25. The Morgan fingerprint density at radius 2 is 1.83 bits per heavy atom. The maximum atomic E-state index is 12.7. The number of amides is 2. The van der Waals surface area contributed by atoms with Crippen molar-refractivity contribution in [3.8, 4) is 0 Å². The van der Waals surface area contributed by atoms with Crippen molar-refractivity contribution in [3.63, 3.8) is 0 Å². The molecule has 0 saturated carbocycles. The van der Waals surface area contributed by atoms with Crippen molar-refractivity contribution in [2.75, 3.05) is 19.7 Å². The minimum absolute atomic E-state index is 0.165. The average Bonchev–Trinajstić information content (AvgIpc) is 2.55. The lowest BCUT2D eigenvalue weighted by Gasteiger charge is -2.06. The van der Waals surface area contributed by atoms with Crippen LogP contribution >= 0.6 is 0 Å². The van der Waals surface area contributed by atoms with E-state index in [0.717, 1.165) is 12.5 Å². The maximum Gasteiger partial charge on any atom is 0.331 e. The number of carbonyl (C=O) groups excluding carboxylic acids is 3. The molecule has 6 nitrogen and oxygen atoms in total. The Kier molecular flexibility index (Phi) is 8.06. The summed E-state index contributed by atoms with van der Waals surface area (Å²) in [5, 5.41) is 4.93. The van der Waals surface area contributed by atoms with Crippen molar-refractivity contribution in [2.24, 2.45) is 0 Å². The minimum Gasteiger partial charge on any atom is -0.452 e. The van der Waals surface area contributed by atoms with E-state index < -0.39 is 18.5 Å². The molecule has 0 heterocycles. The van der Waals surface area contributed by atoms with Crippen molar-refractivity contribution >= 4 is 23.9 Å². The summed E-state index contributed by atoms with van der Waals surface area (Å²) in [6.07, 6.45) is 3.38. The van der Waals surface area contributed by atoms with E-state index in [4.69, 9.17) is 4.74 Å². The standard InChI is InChI=1S/C16H19FN2O4/c1-2-9-18-14(20)10-19-15(21)11-23-16(22)8-5-12-3-6-13(17)7-4-12/h3-8H,2,9-11H2,1H3,(H,18,20)(H,19,21)/b8-5+. The number of carbonyl (C=O) groups is 3. The van der Waals surface area contributed by atoms with Gasteiger partial charge in [-0.15, -0.1) is 0 Å². The second-order valence-electron chi connectivity index (χ2n) is 4.62. The molecular weight excluding hydrogens is 303 g/mol. The molecule has 0 unspecified atom stereocenters. The first-order valence-corrected chi connectivity index (χ1v) is 7.15. The smallest absolute Gasteiger partial charge is 0.331 e. The van der Waals surface area contributed by atoms with Crippen LogP contribution in [0.25, 0.3) is 6.08 Å². The average molecular weight is 322 g/mol. The topological polar surface area (TPSA) is 84.5 Å². The van der Waals surface area contributed by atoms with E-state index in [1.807, 2.05) is 6.92 Å². The molecular formula is C16H19FN2O4. The molecule has 1 aromatic rings. The molecule has 0 atom stereocenters. The molecule has 0 aliphatic heterocycles. The van der Waals surface area contributed by atoms with Gasteiger partial charge in [0.25, 0.3) is 5.91 Å². The van der Waals surface area contributed by atoms with Gasteiger partial charge in [-0.05, 0) is 30.2 Å². The highest BCUT2D eigenvalue weighted by Crippen LogP contribution is 2.04. The minimum atomic E-state index is -0.708. The molecule has 0 aromatic heterocycles. The van der Waals surface area contributed by atoms with E-state index in [2.05, 4.69) is 10.6 Å². The van der Waals surface area contributed by atoms with Crippen molar-refractivity contribution in [1.82, 2.24) is 10.6 Å². The van der Waals surface area contributed by atoms with Crippen LogP contribution in [0.5, 0.6) is 0 Å². The molecule has 0 bridgehead atoms. The number of esters is 1. The summed E-state index contributed by atoms with van der Waals surface area (Å²) in [6.45, 7) is 1.81. The zero-order chi connectivity index (χ0) is 17.1. The Labute approximate surface area is 133 Å². The predicted molar refractivity (Wildman–Crippen MR) is 82.7 cm³/mol. The van der Waals surface area contributed by atoms with Crippen molar-refractivity contribution < 1.29 is 23.5 Å². The van der Waals surface area contributed by atoms with Gasteiger partial charge in [0.2, 0.25) is 5.91 Å². The zero-order valence-corrected chi connectivity index (χ0v) is 12.8. The molecule has 2 N–H and O–H groups in total. The highest BCUT2D eigenvalue weighted by atomic mass is 19.1. The third-order valence-corrected chi connectivity index (χ3v) is 2.65. The Bertz CT molecular complexity index is 570. The molecule has 7 heteroatoms. The first kappa shape index (κ1) is 18.3. The summed E-state index contributed by atoms with van der Waals surface area (Å²) in [6, 6.07) is 5.53. The van der Waals surface area contributed by atoms with Crippen molar-refractivity contribution in [1.29, 1.82) is 0 Å². The third-order valence-electron chi connectivity index (χ3n) is 2.65. The molecule has 0 aliphatic rings. The van der Waals surface area contributed by atoms with Gasteiger partial charge in [-0.25, -0.2) is 9.18 Å². The summed E-state index contributed by atoms with van der Waals surface area (Å²) in [5.41, 5.74) is 0.625. The molecule has 0 spiro atoms. The number of nitrogens with one attached hydrogen (secondary N) is 2. The van der Waals surface area contributed by atoms with Crippen LogP contribution in [-0.2, 0) is 19.1 Å². The van der Waals surface area contributed by atoms with E-state index in [-0.39, 0.29) is 18.3 Å². The van der Waals surface area contributed by atoms with E-state index in [1.54, 1.807) is 0 Å². The van der Waals surface area contributed by atoms with Gasteiger partial charge in [0.15, 0.2) is 6.61 Å². The van der Waals surface area contributed by atoms with E-state index in [0.29, 0.717) is 12.1 Å². The number of hydrogen-bond donors (Lipinski definition) is 2. The van der Waals surface area contributed by atoms with Gasteiger partial charge in [0.05, 0.1) is 6.54 Å². The lowest BCUT2D eigenvalue weighted by atomic mass is 10.2. The van der Waals surface area contributed by atoms with Gasteiger partial charge in [0.1, 0.15) is 5.82 Å². The molecule has 23 heavy (non-hydrogen) atoms. The summed E-state index contributed by atoms with van der Waals surface area (Å²) in [5.74, 6) is -1.95. The fraction of sp³-hybridized carbons (Fsp3) is 0.312. The highest BCUT2D eigenvalue weighted by molar-refractivity contribution is 5.90. The Morgan fingerprint density at radius 1 is 1.13 bits per heavy atom. The SMILES string of the molecule is CCCNC(=O)CNC(=O)COC(=O)/C=C/c1ccc(F)cc1. The number of halogens is 1. The number of hydrogen-bond acceptors (Lipinski definition) is 4. The van der Waals surface area contributed by atoms with Crippen LogP contribution in [0.15, 0.2) is 30.3 Å². The molecule has 0 radical (unpaired) electrons. The summed E-state index contributed by atoms with van der Waals surface area (Å²) >= 11 is 0. The molecule has 1 aromatic carbocycles. The number of rotatable bonds is 8. The monoisotopic (exact) mass is 322 g/mol. The number of benzene rings is 1. The van der Waals surface area contributed by atoms with E-state index >= 15 is 0 Å². The highest BCUT2D eigenvalue weighted by Gasteiger charge is 2.07. The van der Waals surface area contributed by atoms with Gasteiger partial charge >= 0.3 is 5.97 Å². The first-order chi connectivity index (χ1) is 11.0. The van der Waals surface area contributed by atoms with Crippen LogP contribution in [0, 0.1) is 5.82 Å². The van der Waals surface area contributed by atoms with Crippen LogP contribution in [-0.4, -0.2) is 37.5 Å². The predicted octanol–water partition coefficient (Wildman–Crippen LogP) is 1.02. The quantitative estimate of drug-likeness (QED) is 0.553. The summed E-state index contributed by atoms with van der Waals surface area (Å²) in [7, 11) is 0. The molecule has 124 valence electrons. The lowest BCUT2D eigenvalue weighted by Crippen LogP contribution is -2.38. The van der Waals surface area contributed by atoms with E-state index in [9.17, 15) is 18.8 Å². The fourth-order valence-electron chi connectivity index (χ4n) is 1.48. The molecule has 0 aliphatic carbocycles. The van der Waals surface area contributed by atoms with Crippen molar-refractivity contribution in [2.45, 2.75) is 13.3 Å². The Morgan fingerprint density at radius 3 is 2.48 bits per heavy atom. The zero-order valence-electron chi connectivity index (χ0n) is 12.8. The summed E-state index contributed by atoms with van der Waals surface area (Å²) in [4.78, 5) is 34.1. The van der Waals surface area contributed by atoms with Gasteiger partial charge in [-0.3, -0.25) is 9.59 Å². The van der Waals surface area contributed by atoms with Crippen LogP contribution < -0.4 is 10.6 Å². The van der Waals surface area contributed by atoms with E-state index in [1.165, 1.54) is 30.3 Å². The molecule has 0 fully saturated rings. The summed E-state index contributed by atoms with van der Waals surface area (Å²) < 4.78 is 17.4. The van der Waals surface area contributed by atoms with Crippen molar-refractivity contribution in [3.05, 3.63) is 41.7 Å². The van der Waals surface area contributed by atoms with Crippen LogP contribution in [0.3, 0.4) is 0 Å². The van der Waals surface area contributed by atoms with Gasteiger partial charge in [-0.1, -0.05) is 19.1 Å². The normalized spacial score (nSPS) is 10.3. The van der Waals surface area contributed by atoms with Crippen LogP contribution in [0.4, 0.5) is 4.39 Å². The number of ether oxygens (including phenoxy) is 1. The molecule has 1 rings (SSSR count). The molecule has 0 saturated heterocycles. The van der Waals surface area contributed by atoms with Gasteiger partial charge < -0.3 is 15.4 Å². The van der Waals surface area contributed by atoms with Crippen LogP contribution in [0.2, 0.25) is 0 Å². The maximum absolute atomic E-state index is 12.7. The second kappa shape index (κ2) is 10.1.